The summed E-state index contributed by atoms with van der Waals surface area (Å²) in [5, 5.41) is 5.06. The zero-order chi connectivity index (χ0) is 41.1. The van der Waals surface area contributed by atoms with Crippen LogP contribution in [0.1, 0.15) is 120 Å². The summed E-state index contributed by atoms with van der Waals surface area (Å²) in [6.45, 7) is 2.96. The Balaban J connectivity index is 1.04. The van der Waals surface area contributed by atoms with Gasteiger partial charge in [-0.25, -0.2) is 18.0 Å². The number of fused-ring (bicyclic) bond motifs is 3. The molecule has 6 atom stereocenters. The van der Waals surface area contributed by atoms with E-state index in [9.17, 15) is 32.4 Å². The van der Waals surface area contributed by atoms with Crippen LogP contribution in [-0.4, -0.2) is 121 Å². The summed E-state index contributed by atoms with van der Waals surface area (Å²) in [6, 6.07) is 5.79. The van der Waals surface area contributed by atoms with Gasteiger partial charge in [-0.3, -0.25) is 24.0 Å². The highest BCUT2D eigenvalue weighted by Gasteiger charge is 2.62. The molecule has 0 radical (unpaired) electrons. The van der Waals surface area contributed by atoms with Crippen molar-refractivity contribution >= 4 is 39.9 Å². The summed E-state index contributed by atoms with van der Waals surface area (Å²) in [4.78, 5) is 76.0. The first-order chi connectivity index (χ1) is 28.5. The number of benzene rings is 1. The third-order valence-electron chi connectivity index (χ3n) is 13.5. The first kappa shape index (κ1) is 41.5. The Morgan fingerprint density at radius 1 is 0.864 bits per heavy atom. The molecule has 15 nitrogen and oxygen atoms in total. The summed E-state index contributed by atoms with van der Waals surface area (Å²) < 4.78 is 40.0. The molecule has 5 amide bonds. The Morgan fingerprint density at radius 3 is 2.39 bits per heavy atom. The molecule has 3 saturated carbocycles. The second-order valence-electron chi connectivity index (χ2n) is 17.8. The standard InChI is InChI=1S/C43H60N6O9S/c50-38-36-25-32(58-42(54)48-24-21-29-13-7-10-17-34(29)37(48)28-47-22-11-4-12-23-47)27-49(36)39(51)35(44-41(53)57-31-15-8-9-16-31)18-6-3-1-2-5-14-30-26-43(30,45-38)40(52)46-59(55,56)33-19-20-33/h5,7,10,13-14,17,30-33,35-37H,1-4,6,8-9,11-12,15-16,18-28H2,(H,44,53)(H,45,50)(H,46,52)/b14-5-/t30-,32+,35?,36-,37?,43+/m0/s1. The maximum absolute atomic E-state index is 14.7. The number of nitrogens with one attached hydrogen (secondary N) is 3. The van der Waals surface area contributed by atoms with Crippen LogP contribution in [-0.2, 0) is 40.3 Å². The Hall–Kier alpha value is -4.18. The molecule has 0 aromatic heterocycles. The number of ether oxygens (including phenoxy) is 2. The van der Waals surface area contributed by atoms with Crippen LogP contribution in [0.5, 0.6) is 0 Å². The van der Waals surface area contributed by atoms with Gasteiger partial charge >= 0.3 is 12.2 Å². The molecule has 8 rings (SSSR count). The number of allylic oxidation sites excluding steroid dienone is 1. The van der Waals surface area contributed by atoms with Gasteiger partial charge in [-0.1, -0.05) is 55.7 Å². The van der Waals surface area contributed by atoms with E-state index in [0.29, 0.717) is 51.6 Å². The van der Waals surface area contributed by atoms with Crippen molar-refractivity contribution in [3.8, 4) is 0 Å². The number of sulfonamides is 1. The average molecular weight is 837 g/mol. The first-order valence-electron chi connectivity index (χ1n) is 22.1. The van der Waals surface area contributed by atoms with Gasteiger partial charge in [-0.05, 0) is 108 Å². The van der Waals surface area contributed by atoms with Crippen molar-refractivity contribution in [2.24, 2.45) is 5.92 Å². The maximum atomic E-state index is 14.7. The Bertz CT molecular complexity index is 1890. The number of likely N-dealkylation sites (tertiary alicyclic amines) is 1. The van der Waals surface area contributed by atoms with E-state index in [2.05, 4.69) is 32.4 Å². The molecule has 4 aliphatic heterocycles. The van der Waals surface area contributed by atoms with Crippen molar-refractivity contribution in [2.45, 2.75) is 150 Å². The number of nitrogens with zero attached hydrogens (tertiary/aromatic N) is 3. The lowest BCUT2D eigenvalue weighted by Crippen LogP contribution is -2.58. The molecule has 7 aliphatic rings. The van der Waals surface area contributed by atoms with E-state index in [0.717, 1.165) is 70.0 Å². The van der Waals surface area contributed by atoms with E-state index < -0.39 is 74.8 Å². The summed E-state index contributed by atoms with van der Waals surface area (Å²) >= 11 is 0. The third kappa shape index (κ3) is 9.58. The van der Waals surface area contributed by atoms with Crippen LogP contribution in [0, 0.1) is 5.92 Å². The van der Waals surface area contributed by atoms with E-state index >= 15 is 0 Å². The smallest absolute Gasteiger partial charge is 0.410 e. The lowest BCUT2D eigenvalue weighted by Gasteiger charge is -2.40. The third-order valence-corrected chi connectivity index (χ3v) is 15.3. The molecule has 0 bridgehead atoms. The highest BCUT2D eigenvalue weighted by molar-refractivity contribution is 7.91. The topological polar surface area (TPSA) is 184 Å². The number of rotatable bonds is 8. The van der Waals surface area contributed by atoms with E-state index in [1.54, 1.807) is 4.90 Å². The van der Waals surface area contributed by atoms with Crippen LogP contribution in [0.25, 0.3) is 0 Å². The molecule has 322 valence electrons. The second kappa shape index (κ2) is 17.8. The van der Waals surface area contributed by atoms with E-state index in [4.69, 9.17) is 9.47 Å². The minimum Gasteiger partial charge on any atom is -0.446 e. The average Bonchev–Trinajstić information content (AvgIpc) is 4.10. The van der Waals surface area contributed by atoms with Crippen LogP contribution in [0.3, 0.4) is 0 Å². The predicted octanol–water partition coefficient (Wildman–Crippen LogP) is 4.22. The minimum atomic E-state index is -3.91. The molecule has 3 aliphatic carbocycles. The molecule has 59 heavy (non-hydrogen) atoms. The van der Waals surface area contributed by atoms with Crippen molar-refractivity contribution in [2.75, 3.05) is 32.7 Å². The van der Waals surface area contributed by atoms with Gasteiger partial charge in [0.2, 0.25) is 21.8 Å². The lowest BCUT2D eigenvalue weighted by atomic mass is 9.92. The Morgan fingerprint density at radius 2 is 1.61 bits per heavy atom. The molecule has 2 saturated heterocycles. The molecule has 5 fully saturated rings. The molecule has 0 spiro atoms. The van der Waals surface area contributed by atoms with Crippen molar-refractivity contribution < 1.29 is 41.9 Å². The molecule has 1 aromatic carbocycles. The van der Waals surface area contributed by atoms with Crippen LogP contribution in [0.15, 0.2) is 36.4 Å². The number of amides is 5. The fourth-order valence-corrected chi connectivity index (χ4v) is 11.2. The molecule has 1 aromatic rings. The van der Waals surface area contributed by atoms with Crippen LogP contribution in [0.4, 0.5) is 9.59 Å². The summed E-state index contributed by atoms with van der Waals surface area (Å²) in [5.74, 6) is -2.39. The Kier molecular flexibility index (Phi) is 12.5. The van der Waals surface area contributed by atoms with Gasteiger partial charge in [0.25, 0.3) is 5.91 Å². The maximum Gasteiger partial charge on any atom is 0.410 e. The van der Waals surface area contributed by atoms with Gasteiger partial charge < -0.3 is 29.9 Å². The van der Waals surface area contributed by atoms with E-state index in [1.807, 2.05) is 24.3 Å². The SMILES string of the molecule is O=C(NC1CCCCC/C=C\[C@H]2C[C@@]2(C(=O)NS(=O)(=O)C2CC2)NC(=O)[C@@H]2C[C@@H](OC(=O)N3CCc4ccccc4C3CN3CCCCC3)CN2C1=O)OC1CCCC1. The van der Waals surface area contributed by atoms with Gasteiger partial charge in [0.1, 0.15) is 29.8 Å². The summed E-state index contributed by atoms with van der Waals surface area (Å²) in [6.07, 6.45) is 13.4. The van der Waals surface area contributed by atoms with Gasteiger partial charge in [0, 0.05) is 25.4 Å². The van der Waals surface area contributed by atoms with Crippen molar-refractivity contribution in [1.29, 1.82) is 0 Å². The number of hydrogen-bond donors (Lipinski definition) is 3. The van der Waals surface area contributed by atoms with Gasteiger partial charge in [-0.15, -0.1) is 0 Å². The number of hydrogen-bond acceptors (Lipinski definition) is 10. The van der Waals surface area contributed by atoms with Crippen molar-refractivity contribution in [3.63, 3.8) is 0 Å². The monoisotopic (exact) mass is 836 g/mol. The molecular weight excluding hydrogens is 777 g/mol. The molecule has 4 heterocycles. The Labute approximate surface area is 347 Å². The molecule has 3 N–H and O–H groups in total. The van der Waals surface area contributed by atoms with Crippen LogP contribution >= 0.6 is 0 Å². The summed E-state index contributed by atoms with van der Waals surface area (Å²) in [7, 11) is -3.91. The molecule has 2 unspecified atom stereocenters. The highest BCUT2D eigenvalue weighted by Crippen LogP contribution is 2.46. The normalized spacial score (nSPS) is 31.4. The molecular formula is C43H60N6O9S. The molecule has 16 heteroatoms. The zero-order valence-corrected chi connectivity index (χ0v) is 34.8. The second-order valence-corrected chi connectivity index (χ2v) is 19.7. The van der Waals surface area contributed by atoms with Gasteiger partial charge in [0.05, 0.1) is 17.8 Å². The largest absolute Gasteiger partial charge is 0.446 e. The number of carbonyl (C=O) groups excluding carboxylic acids is 5. The fourth-order valence-electron chi connectivity index (χ4n) is 9.85. The van der Waals surface area contributed by atoms with Crippen LogP contribution in [0.2, 0.25) is 0 Å². The minimum absolute atomic E-state index is 0.0393. The summed E-state index contributed by atoms with van der Waals surface area (Å²) in [5.41, 5.74) is 0.771. The van der Waals surface area contributed by atoms with Crippen molar-refractivity contribution in [3.05, 3.63) is 47.5 Å². The number of alkyl carbamates (subject to hydrolysis) is 1. The van der Waals surface area contributed by atoms with Crippen molar-refractivity contribution in [1.82, 2.24) is 30.1 Å². The predicted molar refractivity (Wildman–Crippen MR) is 217 cm³/mol. The highest BCUT2D eigenvalue weighted by atomic mass is 32.2. The fraction of sp³-hybridized carbons (Fsp3) is 0.698. The van der Waals surface area contributed by atoms with Gasteiger partial charge in [0.15, 0.2) is 0 Å². The van der Waals surface area contributed by atoms with Gasteiger partial charge in [-0.2, -0.15) is 0 Å². The lowest BCUT2D eigenvalue weighted by molar-refractivity contribution is -0.141. The zero-order valence-electron chi connectivity index (χ0n) is 34.0. The van der Waals surface area contributed by atoms with Crippen LogP contribution < -0.4 is 15.4 Å². The first-order valence-corrected chi connectivity index (χ1v) is 23.6. The van der Waals surface area contributed by atoms with E-state index in [-0.39, 0.29) is 31.5 Å². The number of carbonyl (C=O) groups is 5. The number of piperidine rings is 1. The van der Waals surface area contributed by atoms with E-state index in [1.165, 1.54) is 16.9 Å². The quantitative estimate of drug-likeness (QED) is 0.321.